The number of carbonyl (C=O) groups excluding carboxylic acids is 1. The average molecular weight is 191 g/mol. The molecule has 0 heterocycles. The first-order chi connectivity index (χ1) is 6.70. The number of amides is 1. The Balaban J connectivity index is 2.94. The normalized spacial score (nSPS) is 9.93. The summed E-state index contributed by atoms with van der Waals surface area (Å²) in [7, 11) is 0. The molecule has 0 saturated carbocycles. The molecule has 14 heavy (non-hydrogen) atoms. The third-order valence-corrected chi connectivity index (χ3v) is 2.43. The molecule has 0 bridgehead atoms. The first-order valence-corrected chi connectivity index (χ1v) is 5.05. The van der Waals surface area contributed by atoms with Gasteiger partial charge < -0.3 is 4.90 Å². The van der Waals surface area contributed by atoms with E-state index >= 15 is 0 Å². The standard InChI is InChI=1S/C12H17NO/c1-4-13(5-2)12(14)11-9-7-6-8-10(11)3/h6-9H,4-5H2,1-3H3. The fourth-order valence-corrected chi connectivity index (χ4v) is 1.49. The summed E-state index contributed by atoms with van der Waals surface area (Å²) < 4.78 is 0. The summed E-state index contributed by atoms with van der Waals surface area (Å²) >= 11 is 0. The van der Waals surface area contributed by atoms with E-state index in [1.807, 2.05) is 49.9 Å². The lowest BCUT2D eigenvalue weighted by Crippen LogP contribution is -2.30. The van der Waals surface area contributed by atoms with Crippen LogP contribution in [0.3, 0.4) is 0 Å². The third-order valence-electron chi connectivity index (χ3n) is 2.43. The van der Waals surface area contributed by atoms with Crippen LogP contribution in [0.25, 0.3) is 0 Å². The van der Waals surface area contributed by atoms with Crippen molar-refractivity contribution >= 4 is 5.91 Å². The maximum Gasteiger partial charge on any atom is 0.254 e. The van der Waals surface area contributed by atoms with Gasteiger partial charge in [0.1, 0.15) is 0 Å². The summed E-state index contributed by atoms with van der Waals surface area (Å²) in [5.74, 6) is 0.133. The van der Waals surface area contributed by atoms with Crippen molar-refractivity contribution in [2.45, 2.75) is 20.8 Å². The highest BCUT2D eigenvalue weighted by atomic mass is 16.2. The SMILES string of the molecule is CCN(CC)C(=O)c1ccccc1C. The molecule has 0 aliphatic rings. The fourth-order valence-electron chi connectivity index (χ4n) is 1.49. The van der Waals surface area contributed by atoms with Gasteiger partial charge in [-0.15, -0.1) is 0 Å². The van der Waals surface area contributed by atoms with Crippen LogP contribution in [0, 0.1) is 6.92 Å². The van der Waals surface area contributed by atoms with Gasteiger partial charge in [-0.3, -0.25) is 4.79 Å². The van der Waals surface area contributed by atoms with Crippen LogP contribution in [0.4, 0.5) is 0 Å². The number of carbonyl (C=O) groups is 1. The van der Waals surface area contributed by atoms with Gasteiger partial charge in [0.2, 0.25) is 0 Å². The molecule has 0 fully saturated rings. The van der Waals surface area contributed by atoms with Gasteiger partial charge in [-0.25, -0.2) is 0 Å². The first kappa shape index (κ1) is 10.8. The molecular formula is C12H17NO. The van der Waals surface area contributed by atoms with Crippen LogP contribution >= 0.6 is 0 Å². The van der Waals surface area contributed by atoms with Gasteiger partial charge >= 0.3 is 0 Å². The minimum Gasteiger partial charge on any atom is -0.339 e. The quantitative estimate of drug-likeness (QED) is 0.718. The van der Waals surface area contributed by atoms with Crippen molar-refractivity contribution < 1.29 is 4.79 Å². The predicted molar refractivity (Wildman–Crippen MR) is 58.4 cm³/mol. The van der Waals surface area contributed by atoms with Gasteiger partial charge in [-0.2, -0.15) is 0 Å². The van der Waals surface area contributed by atoms with E-state index in [0.29, 0.717) is 0 Å². The largest absolute Gasteiger partial charge is 0.339 e. The van der Waals surface area contributed by atoms with Crippen LogP contribution < -0.4 is 0 Å². The molecule has 0 N–H and O–H groups in total. The average Bonchev–Trinajstić information content (AvgIpc) is 2.20. The van der Waals surface area contributed by atoms with Gasteiger partial charge in [0.25, 0.3) is 5.91 Å². The van der Waals surface area contributed by atoms with E-state index in [0.717, 1.165) is 24.2 Å². The molecule has 0 saturated heterocycles. The lowest BCUT2D eigenvalue weighted by Gasteiger charge is -2.19. The lowest BCUT2D eigenvalue weighted by atomic mass is 10.1. The number of rotatable bonds is 3. The van der Waals surface area contributed by atoms with E-state index in [1.54, 1.807) is 0 Å². The Morgan fingerprint density at radius 3 is 2.29 bits per heavy atom. The van der Waals surface area contributed by atoms with Crippen molar-refractivity contribution in [3.05, 3.63) is 35.4 Å². The van der Waals surface area contributed by atoms with Crippen molar-refractivity contribution in [1.29, 1.82) is 0 Å². The van der Waals surface area contributed by atoms with Crippen LogP contribution in [0.2, 0.25) is 0 Å². The Kier molecular flexibility index (Phi) is 3.69. The predicted octanol–water partition coefficient (Wildman–Crippen LogP) is 2.48. The Hall–Kier alpha value is -1.31. The zero-order valence-electron chi connectivity index (χ0n) is 9.08. The van der Waals surface area contributed by atoms with E-state index in [1.165, 1.54) is 0 Å². The van der Waals surface area contributed by atoms with Crippen molar-refractivity contribution in [3.8, 4) is 0 Å². The molecule has 1 aromatic rings. The molecule has 0 aliphatic carbocycles. The van der Waals surface area contributed by atoms with Crippen molar-refractivity contribution in [2.75, 3.05) is 13.1 Å². The fraction of sp³-hybridized carbons (Fsp3) is 0.417. The van der Waals surface area contributed by atoms with Crippen molar-refractivity contribution in [1.82, 2.24) is 4.90 Å². The molecule has 2 heteroatoms. The molecule has 0 aliphatic heterocycles. The summed E-state index contributed by atoms with van der Waals surface area (Å²) in [4.78, 5) is 13.8. The lowest BCUT2D eigenvalue weighted by molar-refractivity contribution is 0.0772. The van der Waals surface area contributed by atoms with Crippen LogP contribution in [0.5, 0.6) is 0 Å². The Morgan fingerprint density at radius 2 is 1.79 bits per heavy atom. The molecule has 1 amide bonds. The molecule has 0 aromatic heterocycles. The molecule has 0 radical (unpaired) electrons. The van der Waals surface area contributed by atoms with E-state index in [2.05, 4.69) is 0 Å². The molecule has 76 valence electrons. The summed E-state index contributed by atoms with van der Waals surface area (Å²) in [5.41, 5.74) is 1.86. The van der Waals surface area contributed by atoms with E-state index in [4.69, 9.17) is 0 Å². The second kappa shape index (κ2) is 4.80. The molecule has 2 nitrogen and oxygen atoms in total. The van der Waals surface area contributed by atoms with Gasteiger partial charge in [-0.1, -0.05) is 18.2 Å². The summed E-state index contributed by atoms with van der Waals surface area (Å²) in [6.07, 6.45) is 0. The van der Waals surface area contributed by atoms with Gasteiger partial charge in [0.05, 0.1) is 0 Å². The topological polar surface area (TPSA) is 20.3 Å². The molecule has 0 atom stereocenters. The smallest absolute Gasteiger partial charge is 0.254 e. The molecule has 0 unspecified atom stereocenters. The number of benzene rings is 1. The minimum atomic E-state index is 0.133. The Bertz CT molecular complexity index is 316. The highest BCUT2D eigenvalue weighted by Crippen LogP contribution is 2.10. The first-order valence-electron chi connectivity index (χ1n) is 5.05. The number of nitrogens with zero attached hydrogens (tertiary/aromatic N) is 1. The second-order valence-electron chi connectivity index (χ2n) is 3.29. The van der Waals surface area contributed by atoms with Crippen LogP contribution in [-0.4, -0.2) is 23.9 Å². The number of hydrogen-bond acceptors (Lipinski definition) is 1. The van der Waals surface area contributed by atoms with Crippen LogP contribution in [0.15, 0.2) is 24.3 Å². The second-order valence-corrected chi connectivity index (χ2v) is 3.29. The number of hydrogen-bond donors (Lipinski definition) is 0. The molecule has 0 spiro atoms. The van der Waals surface area contributed by atoms with E-state index in [9.17, 15) is 4.79 Å². The maximum absolute atomic E-state index is 12.0. The molecule has 1 aromatic carbocycles. The van der Waals surface area contributed by atoms with Crippen LogP contribution in [0.1, 0.15) is 29.8 Å². The monoisotopic (exact) mass is 191 g/mol. The highest BCUT2D eigenvalue weighted by Gasteiger charge is 2.13. The van der Waals surface area contributed by atoms with E-state index < -0.39 is 0 Å². The van der Waals surface area contributed by atoms with Crippen molar-refractivity contribution in [3.63, 3.8) is 0 Å². The Morgan fingerprint density at radius 1 is 1.21 bits per heavy atom. The van der Waals surface area contributed by atoms with Gasteiger partial charge in [0.15, 0.2) is 0 Å². The van der Waals surface area contributed by atoms with Crippen LogP contribution in [-0.2, 0) is 0 Å². The summed E-state index contributed by atoms with van der Waals surface area (Å²) in [5, 5.41) is 0. The number of aryl methyl sites for hydroxylation is 1. The van der Waals surface area contributed by atoms with Gasteiger partial charge in [0, 0.05) is 18.7 Å². The van der Waals surface area contributed by atoms with E-state index in [-0.39, 0.29) is 5.91 Å². The zero-order valence-corrected chi connectivity index (χ0v) is 9.08. The highest BCUT2D eigenvalue weighted by molar-refractivity contribution is 5.95. The summed E-state index contributed by atoms with van der Waals surface area (Å²) in [6.45, 7) is 7.50. The zero-order chi connectivity index (χ0) is 10.6. The minimum absolute atomic E-state index is 0.133. The van der Waals surface area contributed by atoms with Gasteiger partial charge in [-0.05, 0) is 32.4 Å². The molecular weight excluding hydrogens is 174 g/mol. The van der Waals surface area contributed by atoms with Crippen molar-refractivity contribution in [2.24, 2.45) is 0 Å². The Labute approximate surface area is 85.5 Å². The molecule has 1 rings (SSSR count). The maximum atomic E-state index is 12.0. The third kappa shape index (κ3) is 2.13. The summed E-state index contributed by atoms with van der Waals surface area (Å²) in [6, 6.07) is 7.71.